The number of aryl methyl sites for hydroxylation is 1. The van der Waals surface area contributed by atoms with Gasteiger partial charge in [-0.2, -0.15) is 0 Å². The Morgan fingerprint density at radius 2 is 1.77 bits per heavy atom. The van der Waals surface area contributed by atoms with E-state index in [1.165, 1.54) is 0 Å². The molecule has 1 aromatic rings. The standard InChI is InChI=1S/C26H43N5O4/c1-6-29-13-15-30(16-14-29)11-8-10-27-24(32)21-9-7-12-31(17-21)25(33)23-19(4)22(20(5)28-23)26(34)35-18(2)3/h18,21,28H,6-17H2,1-5H3,(H,27,32)/t21-/m1/s1. The van der Waals surface area contributed by atoms with Gasteiger partial charge in [-0.15, -0.1) is 0 Å². The summed E-state index contributed by atoms with van der Waals surface area (Å²) < 4.78 is 5.34. The predicted octanol–water partition coefficient (Wildman–Crippen LogP) is 2.19. The van der Waals surface area contributed by atoms with Gasteiger partial charge in [0.1, 0.15) is 5.69 Å². The number of carbonyl (C=O) groups excluding carboxylic acids is 3. The Hall–Kier alpha value is -2.39. The van der Waals surface area contributed by atoms with Crippen molar-refractivity contribution in [1.29, 1.82) is 0 Å². The Kier molecular flexibility index (Phi) is 9.74. The van der Waals surface area contributed by atoms with Crippen LogP contribution in [0.2, 0.25) is 0 Å². The molecule has 2 N–H and O–H groups in total. The van der Waals surface area contributed by atoms with E-state index in [9.17, 15) is 14.4 Å². The molecule has 196 valence electrons. The summed E-state index contributed by atoms with van der Waals surface area (Å²) in [5, 5.41) is 3.09. The van der Waals surface area contributed by atoms with Crippen molar-refractivity contribution in [2.24, 2.45) is 5.92 Å². The average Bonchev–Trinajstić information content (AvgIpc) is 3.14. The molecule has 0 spiro atoms. The van der Waals surface area contributed by atoms with E-state index in [-0.39, 0.29) is 23.8 Å². The number of hydrogen-bond acceptors (Lipinski definition) is 6. The predicted molar refractivity (Wildman–Crippen MR) is 136 cm³/mol. The van der Waals surface area contributed by atoms with Gasteiger partial charge in [0.05, 0.1) is 17.6 Å². The molecule has 0 aliphatic carbocycles. The smallest absolute Gasteiger partial charge is 0.340 e. The molecule has 2 saturated heterocycles. The lowest BCUT2D eigenvalue weighted by atomic mass is 9.96. The second-order valence-electron chi connectivity index (χ2n) is 10.1. The molecule has 35 heavy (non-hydrogen) atoms. The highest BCUT2D eigenvalue weighted by Crippen LogP contribution is 2.24. The molecule has 0 aromatic carbocycles. The number of H-pyrrole nitrogens is 1. The zero-order chi connectivity index (χ0) is 25.5. The van der Waals surface area contributed by atoms with Gasteiger partial charge in [0, 0.05) is 51.5 Å². The number of nitrogens with zero attached hydrogens (tertiary/aromatic N) is 3. The van der Waals surface area contributed by atoms with Crippen LogP contribution in [0.4, 0.5) is 0 Å². The molecule has 2 aliphatic rings. The summed E-state index contributed by atoms with van der Waals surface area (Å²) in [6.45, 7) is 17.5. The Morgan fingerprint density at radius 3 is 2.43 bits per heavy atom. The molecule has 2 amide bonds. The second-order valence-corrected chi connectivity index (χ2v) is 10.1. The molecule has 2 fully saturated rings. The van der Waals surface area contributed by atoms with E-state index in [0.717, 1.165) is 58.5 Å². The lowest BCUT2D eigenvalue weighted by Gasteiger charge is -2.34. The first-order valence-electron chi connectivity index (χ1n) is 13.1. The van der Waals surface area contributed by atoms with Gasteiger partial charge in [0.15, 0.2) is 0 Å². The molecular formula is C26H43N5O4. The number of likely N-dealkylation sites (N-methyl/N-ethyl adjacent to an activating group) is 1. The van der Waals surface area contributed by atoms with Gasteiger partial charge in [-0.25, -0.2) is 4.79 Å². The molecule has 3 heterocycles. The SMILES string of the molecule is CCN1CCN(CCCNC(=O)[C@@H]2CCCN(C(=O)c3[nH]c(C)c(C(=O)OC(C)C)c3C)C2)CC1. The third kappa shape index (κ3) is 7.07. The Morgan fingerprint density at radius 1 is 1.09 bits per heavy atom. The van der Waals surface area contributed by atoms with E-state index >= 15 is 0 Å². The first kappa shape index (κ1) is 27.2. The van der Waals surface area contributed by atoms with Gasteiger partial charge in [-0.3, -0.25) is 9.59 Å². The van der Waals surface area contributed by atoms with Crippen LogP contribution < -0.4 is 5.32 Å². The number of aromatic nitrogens is 1. The molecule has 9 heteroatoms. The fourth-order valence-electron chi connectivity index (χ4n) is 5.06. The summed E-state index contributed by atoms with van der Waals surface area (Å²) in [7, 11) is 0. The lowest BCUT2D eigenvalue weighted by Crippen LogP contribution is -2.47. The molecule has 3 rings (SSSR count). The van der Waals surface area contributed by atoms with E-state index in [1.807, 2.05) is 0 Å². The van der Waals surface area contributed by atoms with Crippen molar-refractivity contribution < 1.29 is 19.1 Å². The maximum atomic E-state index is 13.3. The van der Waals surface area contributed by atoms with Gasteiger partial charge >= 0.3 is 5.97 Å². The minimum Gasteiger partial charge on any atom is -0.459 e. The summed E-state index contributed by atoms with van der Waals surface area (Å²) in [6, 6.07) is 0. The van der Waals surface area contributed by atoms with E-state index in [1.54, 1.807) is 32.6 Å². The van der Waals surface area contributed by atoms with Crippen molar-refractivity contribution in [3.05, 3.63) is 22.5 Å². The fraction of sp³-hybridized carbons (Fsp3) is 0.731. The van der Waals surface area contributed by atoms with Gasteiger partial charge in [-0.05, 0) is 65.6 Å². The number of amides is 2. The van der Waals surface area contributed by atoms with Gasteiger partial charge in [0.2, 0.25) is 5.91 Å². The number of carbonyl (C=O) groups is 3. The second kappa shape index (κ2) is 12.5. The normalized spacial score (nSPS) is 19.7. The van der Waals surface area contributed by atoms with Crippen LogP contribution in [0.1, 0.15) is 72.1 Å². The first-order chi connectivity index (χ1) is 16.7. The fourth-order valence-corrected chi connectivity index (χ4v) is 5.06. The summed E-state index contributed by atoms with van der Waals surface area (Å²) in [5.41, 5.74) is 2.05. The monoisotopic (exact) mass is 489 g/mol. The Labute approximate surface area is 209 Å². The van der Waals surface area contributed by atoms with Crippen molar-refractivity contribution in [3.63, 3.8) is 0 Å². The largest absolute Gasteiger partial charge is 0.459 e. The van der Waals surface area contributed by atoms with Gasteiger partial charge in [0.25, 0.3) is 5.91 Å². The number of piperazine rings is 1. The van der Waals surface area contributed by atoms with Crippen LogP contribution in [0.15, 0.2) is 0 Å². The van der Waals surface area contributed by atoms with Crippen LogP contribution in [0.5, 0.6) is 0 Å². The number of likely N-dealkylation sites (tertiary alicyclic amines) is 1. The van der Waals surface area contributed by atoms with Crippen LogP contribution in [-0.4, -0.2) is 102 Å². The van der Waals surface area contributed by atoms with E-state index < -0.39 is 5.97 Å². The van der Waals surface area contributed by atoms with Crippen molar-refractivity contribution in [1.82, 2.24) is 25.0 Å². The quantitative estimate of drug-likeness (QED) is 0.408. The van der Waals surface area contributed by atoms with Crippen LogP contribution in [0.3, 0.4) is 0 Å². The van der Waals surface area contributed by atoms with Crippen LogP contribution in [-0.2, 0) is 9.53 Å². The molecule has 2 aliphatic heterocycles. The van der Waals surface area contributed by atoms with E-state index in [2.05, 4.69) is 27.0 Å². The summed E-state index contributed by atoms with van der Waals surface area (Å²) in [5.74, 6) is -0.771. The third-order valence-electron chi connectivity index (χ3n) is 7.14. The molecule has 0 saturated carbocycles. The number of nitrogens with one attached hydrogen (secondary N) is 2. The van der Waals surface area contributed by atoms with Crippen molar-refractivity contribution in [2.45, 2.75) is 60.0 Å². The molecule has 1 atom stereocenters. The van der Waals surface area contributed by atoms with Crippen molar-refractivity contribution >= 4 is 17.8 Å². The van der Waals surface area contributed by atoms with Crippen LogP contribution in [0, 0.1) is 19.8 Å². The number of aromatic amines is 1. The topological polar surface area (TPSA) is 98.0 Å². The molecule has 0 bridgehead atoms. The molecule has 0 radical (unpaired) electrons. The van der Waals surface area contributed by atoms with Crippen molar-refractivity contribution in [2.75, 3.05) is 58.9 Å². The van der Waals surface area contributed by atoms with Crippen LogP contribution in [0.25, 0.3) is 0 Å². The maximum absolute atomic E-state index is 13.3. The van der Waals surface area contributed by atoms with Gasteiger partial charge in [-0.1, -0.05) is 6.92 Å². The highest BCUT2D eigenvalue weighted by molar-refractivity contribution is 6.00. The highest BCUT2D eigenvalue weighted by atomic mass is 16.5. The molecule has 1 aromatic heterocycles. The minimum absolute atomic E-state index is 0.0268. The molecule has 9 nitrogen and oxygen atoms in total. The number of piperidine rings is 1. The highest BCUT2D eigenvalue weighted by Gasteiger charge is 2.32. The third-order valence-corrected chi connectivity index (χ3v) is 7.14. The number of rotatable bonds is 9. The van der Waals surface area contributed by atoms with Crippen LogP contribution >= 0.6 is 0 Å². The number of hydrogen-bond donors (Lipinski definition) is 2. The van der Waals surface area contributed by atoms with E-state index in [4.69, 9.17) is 4.74 Å². The summed E-state index contributed by atoms with van der Waals surface area (Å²) in [4.78, 5) is 48.3. The lowest BCUT2D eigenvalue weighted by molar-refractivity contribution is -0.126. The Balaban J connectivity index is 1.49. The molecule has 0 unspecified atom stereocenters. The minimum atomic E-state index is -0.423. The summed E-state index contributed by atoms with van der Waals surface area (Å²) in [6.07, 6.45) is 2.27. The zero-order valence-electron chi connectivity index (χ0n) is 22.1. The van der Waals surface area contributed by atoms with Crippen molar-refractivity contribution in [3.8, 4) is 0 Å². The van der Waals surface area contributed by atoms with Gasteiger partial charge < -0.3 is 29.7 Å². The number of ether oxygens (including phenoxy) is 1. The van der Waals surface area contributed by atoms with E-state index in [0.29, 0.717) is 42.1 Å². The zero-order valence-corrected chi connectivity index (χ0v) is 22.1. The summed E-state index contributed by atoms with van der Waals surface area (Å²) >= 11 is 0. The maximum Gasteiger partial charge on any atom is 0.340 e. The molecular weight excluding hydrogens is 446 g/mol. The number of esters is 1. The Bertz CT molecular complexity index is 889. The first-order valence-corrected chi connectivity index (χ1v) is 13.1. The average molecular weight is 490 g/mol.